The number of aryl methyl sites for hydroxylation is 1. The zero-order valence-corrected chi connectivity index (χ0v) is 11.7. The van der Waals surface area contributed by atoms with E-state index in [1.807, 2.05) is 0 Å². The molecule has 1 amide bonds. The molecule has 3 heterocycles. The summed E-state index contributed by atoms with van der Waals surface area (Å²) in [6.07, 6.45) is 4.08. The maximum absolute atomic E-state index is 11.7. The number of fused-ring (bicyclic) bond motifs is 1. The molecule has 0 radical (unpaired) electrons. The summed E-state index contributed by atoms with van der Waals surface area (Å²) in [7, 11) is 1.49. The van der Waals surface area contributed by atoms with E-state index in [1.54, 1.807) is 6.92 Å². The highest BCUT2D eigenvalue weighted by Crippen LogP contribution is 2.21. The first-order chi connectivity index (χ1) is 10.5. The number of nitrogens with one attached hydrogen (secondary N) is 1. The topological polar surface area (TPSA) is 123 Å². The summed E-state index contributed by atoms with van der Waals surface area (Å²) >= 11 is 0. The molecule has 3 rings (SSSR count). The van der Waals surface area contributed by atoms with Gasteiger partial charge in [0.05, 0.1) is 23.5 Å². The molecule has 0 fully saturated rings. The summed E-state index contributed by atoms with van der Waals surface area (Å²) in [5, 5.41) is 16.1. The molecule has 112 valence electrons. The molecule has 0 bridgehead atoms. The Balaban J connectivity index is 2.18. The van der Waals surface area contributed by atoms with Gasteiger partial charge in [0.2, 0.25) is 0 Å². The van der Waals surface area contributed by atoms with E-state index in [4.69, 9.17) is 9.52 Å². The number of aromatic nitrogens is 4. The van der Waals surface area contributed by atoms with E-state index in [0.29, 0.717) is 16.7 Å². The van der Waals surface area contributed by atoms with Gasteiger partial charge in [-0.3, -0.25) is 9.78 Å². The largest absolute Gasteiger partial charge is 0.478 e. The summed E-state index contributed by atoms with van der Waals surface area (Å²) in [6, 6.07) is 0.0652. The molecule has 0 aliphatic rings. The lowest BCUT2D eigenvalue weighted by Crippen LogP contribution is -2.19. The highest BCUT2D eigenvalue weighted by Gasteiger charge is 2.20. The fourth-order valence-corrected chi connectivity index (χ4v) is 2.07. The number of hydrogen-bond donors (Lipinski definition) is 2. The molecule has 22 heavy (non-hydrogen) atoms. The molecule has 0 aromatic carbocycles. The van der Waals surface area contributed by atoms with Crippen LogP contribution < -0.4 is 5.32 Å². The molecule has 0 aliphatic heterocycles. The maximum atomic E-state index is 11.7. The number of pyridine rings is 1. The molecule has 0 spiro atoms. The van der Waals surface area contributed by atoms with Gasteiger partial charge >= 0.3 is 12.0 Å². The van der Waals surface area contributed by atoms with Crippen molar-refractivity contribution in [3.63, 3.8) is 0 Å². The van der Waals surface area contributed by atoms with Crippen molar-refractivity contribution in [2.24, 2.45) is 0 Å². The van der Waals surface area contributed by atoms with E-state index in [0.717, 1.165) is 0 Å². The van der Waals surface area contributed by atoms with Gasteiger partial charge in [-0.2, -0.15) is 14.8 Å². The molecular formula is C13H11N5O4. The molecule has 9 heteroatoms. The third kappa shape index (κ3) is 1.99. The Morgan fingerprint density at radius 2 is 2.09 bits per heavy atom. The van der Waals surface area contributed by atoms with E-state index < -0.39 is 5.97 Å². The van der Waals surface area contributed by atoms with Crippen molar-refractivity contribution in [2.75, 3.05) is 7.05 Å². The van der Waals surface area contributed by atoms with Crippen LogP contribution >= 0.6 is 0 Å². The van der Waals surface area contributed by atoms with Crippen molar-refractivity contribution in [2.45, 2.75) is 6.92 Å². The number of amides is 1. The Kier molecular flexibility index (Phi) is 3.09. The third-order valence-electron chi connectivity index (χ3n) is 3.14. The van der Waals surface area contributed by atoms with Gasteiger partial charge in [0, 0.05) is 18.6 Å². The molecule has 0 unspecified atom stereocenters. The quantitative estimate of drug-likeness (QED) is 0.732. The van der Waals surface area contributed by atoms with Crippen molar-refractivity contribution in [1.82, 2.24) is 25.1 Å². The fourth-order valence-electron chi connectivity index (χ4n) is 2.07. The van der Waals surface area contributed by atoms with Crippen molar-refractivity contribution < 1.29 is 19.1 Å². The Labute approximate surface area is 123 Å². The average Bonchev–Trinajstić information content (AvgIpc) is 3.09. The normalized spacial score (nSPS) is 10.8. The van der Waals surface area contributed by atoms with Crippen LogP contribution in [0.15, 0.2) is 23.0 Å². The number of carbonyl (C=O) groups excluding carboxylic acids is 1. The zero-order valence-electron chi connectivity index (χ0n) is 11.7. The van der Waals surface area contributed by atoms with Crippen molar-refractivity contribution >= 4 is 22.8 Å². The lowest BCUT2D eigenvalue weighted by Gasteiger charge is -1.98. The number of hydrogen-bond acceptors (Lipinski definition) is 6. The first-order valence-electron chi connectivity index (χ1n) is 6.28. The van der Waals surface area contributed by atoms with Gasteiger partial charge in [-0.1, -0.05) is 0 Å². The SMILES string of the molecule is CNC(=O)c1nc(-n2ncc3c(C(=O)O)cncc32)oc1C. The number of carboxylic acid groups (broad SMARTS) is 1. The summed E-state index contributed by atoms with van der Waals surface area (Å²) in [6.45, 7) is 1.60. The Hall–Kier alpha value is -3.23. The van der Waals surface area contributed by atoms with Gasteiger partial charge in [-0.05, 0) is 6.92 Å². The highest BCUT2D eigenvalue weighted by atomic mass is 16.4. The zero-order chi connectivity index (χ0) is 15.9. The molecular weight excluding hydrogens is 290 g/mol. The van der Waals surface area contributed by atoms with Gasteiger partial charge in [-0.15, -0.1) is 0 Å². The lowest BCUT2D eigenvalue weighted by molar-refractivity contribution is 0.0698. The van der Waals surface area contributed by atoms with Gasteiger partial charge in [0.25, 0.3) is 5.91 Å². The van der Waals surface area contributed by atoms with Crippen molar-refractivity contribution in [1.29, 1.82) is 0 Å². The molecule has 2 N–H and O–H groups in total. The Morgan fingerprint density at radius 3 is 2.77 bits per heavy atom. The average molecular weight is 301 g/mol. The van der Waals surface area contributed by atoms with E-state index in [1.165, 1.54) is 30.3 Å². The molecule has 3 aromatic heterocycles. The van der Waals surface area contributed by atoms with E-state index in [2.05, 4.69) is 20.4 Å². The minimum atomic E-state index is -1.10. The highest BCUT2D eigenvalue weighted by molar-refractivity contribution is 6.02. The van der Waals surface area contributed by atoms with Gasteiger partial charge in [0.15, 0.2) is 5.69 Å². The van der Waals surface area contributed by atoms with Crippen LogP contribution in [0.4, 0.5) is 0 Å². The Morgan fingerprint density at radius 1 is 1.32 bits per heavy atom. The summed E-state index contributed by atoms with van der Waals surface area (Å²) in [4.78, 5) is 30.8. The van der Waals surface area contributed by atoms with E-state index >= 15 is 0 Å². The summed E-state index contributed by atoms with van der Waals surface area (Å²) in [5.41, 5.74) is 0.589. The molecule has 9 nitrogen and oxygen atoms in total. The van der Waals surface area contributed by atoms with Crippen molar-refractivity contribution in [3.05, 3.63) is 35.6 Å². The van der Waals surface area contributed by atoms with Crippen LogP contribution in [0.5, 0.6) is 0 Å². The predicted octanol–water partition coefficient (Wildman–Crippen LogP) is 0.775. The second-order valence-electron chi connectivity index (χ2n) is 4.46. The number of oxazole rings is 1. The molecule has 0 saturated carbocycles. The first kappa shape index (κ1) is 13.7. The first-order valence-corrected chi connectivity index (χ1v) is 6.28. The van der Waals surface area contributed by atoms with E-state index in [-0.39, 0.29) is 23.2 Å². The van der Waals surface area contributed by atoms with Crippen LogP contribution in [0.2, 0.25) is 0 Å². The second kappa shape index (κ2) is 4.95. The number of rotatable bonds is 3. The second-order valence-corrected chi connectivity index (χ2v) is 4.46. The number of nitrogens with zero attached hydrogens (tertiary/aromatic N) is 4. The summed E-state index contributed by atoms with van der Waals surface area (Å²) < 4.78 is 6.74. The molecule has 0 atom stereocenters. The predicted molar refractivity (Wildman–Crippen MR) is 74.0 cm³/mol. The van der Waals surface area contributed by atoms with Gasteiger partial charge in [-0.25, -0.2) is 4.79 Å². The summed E-state index contributed by atoms with van der Waals surface area (Å²) in [5.74, 6) is -1.15. The lowest BCUT2D eigenvalue weighted by atomic mass is 10.2. The van der Waals surface area contributed by atoms with E-state index in [9.17, 15) is 9.59 Å². The number of carbonyl (C=O) groups is 2. The Bertz CT molecular complexity index is 895. The molecule has 3 aromatic rings. The number of carboxylic acids is 1. The van der Waals surface area contributed by atoms with Crippen LogP contribution in [0.3, 0.4) is 0 Å². The smallest absolute Gasteiger partial charge is 0.338 e. The van der Waals surface area contributed by atoms with Crippen LogP contribution in [0, 0.1) is 6.92 Å². The maximum Gasteiger partial charge on any atom is 0.338 e. The molecule has 0 saturated heterocycles. The van der Waals surface area contributed by atoms with Gasteiger partial charge < -0.3 is 14.8 Å². The van der Waals surface area contributed by atoms with Crippen molar-refractivity contribution in [3.8, 4) is 6.01 Å². The minimum absolute atomic E-state index is 0.0264. The molecule has 0 aliphatic carbocycles. The van der Waals surface area contributed by atoms with Crippen LogP contribution in [-0.2, 0) is 0 Å². The monoisotopic (exact) mass is 301 g/mol. The third-order valence-corrected chi connectivity index (χ3v) is 3.14. The van der Waals surface area contributed by atoms with Crippen LogP contribution in [-0.4, -0.2) is 43.8 Å². The number of aromatic carboxylic acids is 1. The van der Waals surface area contributed by atoms with Gasteiger partial charge in [0.1, 0.15) is 5.76 Å². The minimum Gasteiger partial charge on any atom is -0.478 e. The van der Waals surface area contributed by atoms with Crippen LogP contribution in [0.25, 0.3) is 16.9 Å². The standard InChI is InChI=1S/C13H11N5O4/c1-6-10(11(19)14-2)17-13(22-6)18-9-5-15-3-8(12(20)21)7(9)4-16-18/h3-5H,1-2H3,(H,14,19)(H,20,21). The fraction of sp³-hybridized carbons (Fsp3) is 0.154. The van der Waals surface area contributed by atoms with Crippen LogP contribution in [0.1, 0.15) is 26.6 Å².